The van der Waals surface area contributed by atoms with Crippen molar-refractivity contribution in [3.8, 4) is 0 Å². The maximum absolute atomic E-state index is 5.38. The Kier molecular flexibility index (Phi) is 3.44. The summed E-state index contributed by atoms with van der Waals surface area (Å²) in [4.78, 5) is 4.07. The van der Waals surface area contributed by atoms with Gasteiger partial charge in [0.1, 0.15) is 6.10 Å². The minimum Gasteiger partial charge on any atom is -0.380 e. The number of nitrogens with zero attached hydrogens (tertiary/aromatic N) is 1. The Morgan fingerprint density at radius 3 is 2.74 bits per heavy atom. The van der Waals surface area contributed by atoms with Crippen molar-refractivity contribution in [3.63, 3.8) is 0 Å². The third-order valence-corrected chi connectivity index (χ3v) is 3.15. The second-order valence-electron chi connectivity index (χ2n) is 4.50. The summed E-state index contributed by atoms with van der Waals surface area (Å²) in [5, 5.41) is 3.33. The monoisotopic (exact) mass is 256 g/mol. The highest BCUT2D eigenvalue weighted by Gasteiger charge is 2.40. The minimum absolute atomic E-state index is 0.0700. The van der Waals surface area contributed by atoms with Crippen LogP contribution in [0.3, 0.4) is 0 Å². The summed E-state index contributed by atoms with van der Waals surface area (Å²) in [6, 6.07) is 12.3. The van der Waals surface area contributed by atoms with Gasteiger partial charge in [0.25, 0.3) is 0 Å². The molecule has 4 heteroatoms. The van der Waals surface area contributed by atoms with E-state index in [9.17, 15) is 0 Å². The third-order valence-electron chi connectivity index (χ3n) is 3.15. The molecule has 0 bridgehead atoms. The van der Waals surface area contributed by atoms with Gasteiger partial charge in [-0.2, -0.15) is 0 Å². The van der Waals surface area contributed by atoms with Crippen LogP contribution in [0.5, 0.6) is 0 Å². The zero-order valence-electron chi connectivity index (χ0n) is 10.7. The molecule has 4 nitrogen and oxygen atoms in total. The highest BCUT2D eigenvalue weighted by molar-refractivity contribution is 5.40. The molecule has 1 aliphatic heterocycles. The van der Waals surface area contributed by atoms with E-state index in [1.54, 1.807) is 13.3 Å². The molecule has 0 amide bonds. The van der Waals surface area contributed by atoms with Crippen molar-refractivity contribution in [3.05, 3.63) is 59.9 Å². The molecule has 0 saturated carbocycles. The first kappa shape index (κ1) is 12.1. The summed E-state index contributed by atoms with van der Waals surface area (Å²) >= 11 is 0. The van der Waals surface area contributed by atoms with Crippen LogP contribution in [0.1, 0.15) is 17.2 Å². The molecule has 1 fully saturated rings. The summed E-state index contributed by atoms with van der Waals surface area (Å²) in [6.45, 7) is 0.783. The molecule has 0 radical (unpaired) electrons. The van der Waals surface area contributed by atoms with Gasteiger partial charge in [-0.05, 0) is 23.3 Å². The van der Waals surface area contributed by atoms with Gasteiger partial charge in [0.15, 0.2) is 6.29 Å². The van der Waals surface area contributed by atoms with E-state index in [-0.39, 0.29) is 12.4 Å². The van der Waals surface area contributed by atoms with Gasteiger partial charge in [0, 0.05) is 26.0 Å². The maximum atomic E-state index is 5.38. The average Bonchev–Trinajstić information content (AvgIpc) is 3.26. The number of hydrogen-bond acceptors (Lipinski definition) is 4. The van der Waals surface area contributed by atoms with E-state index < -0.39 is 0 Å². The number of methoxy groups -OCH3 is 1. The minimum atomic E-state index is -0.0700. The summed E-state index contributed by atoms with van der Waals surface area (Å²) in [7, 11) is 1.66. The molecule has 19 heavy (non-hydrogen) atoms. The van der Waals surface area contributed by atoms with Crippen LogP contribution in [-0.4, -0.2) is 18.4 Å². The Balaban J connectivity index is 1.58. The number of epoxide rings is 1. The van der Waals surface area contributed by atoms with Crippen molar-refractivity contribution >= 4 is 5.69 Å². The van der Waals surface area contributed by atoms with Crippen LogP contribution in [0, 0.1) is 0 Å². The number of ether oxygens (including phenoxy) is 2. The zero-order chi connectivity index (χ0) is 13.1. The van der Waals surface area contributed by atoms with Crippen LogP contribution < -0.4 is 5.32 Å². The molecule has 1 N–H and O–H groups in total. The van der Waals surface area contributed by atoms with Crippen LogP contribution in [0.2, 0.25) is 0 Å². The lowest BCUT2D eigenvalue weighted by Gasteiger charge is -2.06. The fraction of sp³-hybridized carbons (Fsp3) is 0.267. The molecule has 1 aromatic heterocycles. The van der Waals surface area contributed by atoms with Crippen molar-refractivity contribution in [1.82, 2.24) is 4.98 Å². The van der Waals surface area contributed by atoms with Crippen LogP contribution in [0.25, 0.3) is 0 Å². The number of rotatable bonds is 5. The quantitative estimate of drug-likeness (QED) is 0.836. The van der Waals surface area contributed by atoms with Gasteiger partial charge >= 0.3 is 0 Å². The number of aromatic nitrogens is 1. The average molecular weight is 256 g/mol. The molecule has 2 heterocycles. The van der Waals surface area contributed by atoms with E-state index in [0.29, 0.717) is 0 Å². The third kappa shape index (κ3) is 2.92. The smallest absolute Gasteiger partial charge is 0.188 e. The highest BCUT2D eigenvalue weighted by atomic mass is 16.8. The largest absolute Gasteiger partial charge is 0.380 e. The Morgan fingerprint density at radius 1 is 1.26 bits per heavy atom. The molecule has 2 atom stereocenters. The molecule has 0 aliphatic carbocycles. The van der Waals surface area contributed by atoms with Gasteiger partial charge in [-0.15, -0.1) is 0 Å². The summed E-state index contributed by atoms with van der Waals surface area (Å²) in [5.41, 5.74) is 3.41. The Morgan fingerprint density at radius 2 is 2.11 bits per heavy atom. The van der Waals surface area contributed by atoms with Crippen LogP contribution >= 0.6 is 0 Å². The normalized spacial score (nSPS) is 21.1. The van der Waals surface area contributed by atoms with Gasteiger partial charge in [-0.1, -0.05) is 24.3 Å². The molecule has 2 unspecified atom stereocenters. The Bertz CT molecular complexity index is 528. The summed E-state index contributed by atoms with van der Waals surface area (Å²) in [5.74, 6) is 0. The number of hydrogen-bond donors (Lipinski definition) is 1. The number of pyridine rings is 1. The number of benzene rings is 1. The fourth-order valence-corrected chi connectivity index (χ4v) is 2.01. The lowest BCUT2D eigenvalue weighted by atomic mass is 10.1. The maximum Gasteiger partial charge on any atom is 0.188 e. The molecule has 1 aliphatic rings. The van der Waals surface area contributed by atoms with Crippen LogP contribution in [-0.2, 0) is 16.0 Å². The molecule has 0 spiro atoms. The summed E-state index contributed by atoms with van der Waals surface area (Å²) in [6.07, 6.45) is 3.61. The predicted molar refractivity (Wildman–Crippen MR) is 72.6 cm³/mol. The van der Waals surface area contributed by atoms with Gasteiger partial charge in [0.05, 0.1) is 5.69 Å². The van der Waals surface area contributed by atoms with E-state index in [1.807, 2.05) is 18.3 Å². The van der Waals surface area contributed by atoms with Crippen molar-refractivity contribution in [2.45, 2.75) is 18.9 Å². The van der Waals surface area contributed by atoms with Crippen molar-refractivity contribution in [1.29, 1.82) is 0 Å². The molecule has 1 saturated heterocycles. The van der Waals surface area contributed by atoms with Crippen LogP contribution in [0.4, 0.5) is 5.69 Å². The van der Waals surface area contributed by atoms with Gasteiger partial charge in [0.2, 0.25) is 0 Å². The molecular formula is C15H16N2O2. The van der Waals surface area contributed by atoms with Gasteiger partial charge in [-0.25, -0.2) is 0 Å². The van der Waals surface area contributed by atoms with E-state index in [4.69, 9.17) is 9.47 Å². The SMILES string of the molecule is COC1OC1c1ccc(CNc2cccnc2)cc1. The Labute approximate surface area is 112 Å². The van der Waals surface area contributed by atoms with Crippen LogP contribution in [0.15, 0.2) is 48.8 Å². The number of nitrogens with one attached hydrogen (secondary N) is 1. The summed E-state index contributed by atoms with van der Waals surface area (Å²) < 4.78 is 10.5. The Hall–Kier alpha value is -1.91. The lowest BCUT2D eigenvalue weighted by molar-refractivity contribution is 0.0950. The first-order valence-electron chi connectivity index (χ1n) is 6.28. The zero-order valence-corrected chi connectivity index (χ0v) is 10.7. The molecular weight excluding hydrogens is 240 g/mol. The predicted octanol–water partition coefficient (Wildman–Crippen LogP) is 2.74. The van der Waals surface area contributed by atoms with E-state index in [2.05, 4.69) is 34.6 Å². The highest BCUT2D eigenvalue weighted by Crippen LogP contribution is 2.38. The molecule has 3 rings (SSSR count). The first-order chi connectivity index (χ1) is 9.36. The van der Waals surface area contributed by atoms with Gasteiger partial charge in [-0.3, -0.25) is 4.98 Å². The van der Waals surface area contributed by atoms with Gasteiger partial charge < -0.3 is 14.8 Å². The second kappa shape index (κ2) is 5.38. The lowest BCUT2D eigenvalue weighted by Crippen LogP contribution is -1.99. The standard InChI is InChI=1S/C15H16N2O2/c1-18-15-14(19-15)12-6-4-11(5-7-12)9-17-13-3-2-8-16-10-13/h2-8,10,14-15,17H,9H2,1H3. The van der Waals surface area contributed by atoms with Crippen molar-refractivity contribution < 1.29 is 9.47 Å². The fourth-order valence-electron chi connectivity index (χ4n) is 2.01. The molecule has 98 valence electrons. The van der Waals surface area contributed by atoms with E-state index >= 15 is 0 Å². The molecule has 1 aromatic carbocycles. The van der Waals surface area contributed by atoms with E-state index in [1.165, 1.54) is 5.56 Å². The first-order valence-corrected chi connectivity index (χ1v) is 6.28. The van der Waals surface area contributed by atoms with Crippen molar-refractivity contribution in [2.75, 3.05) is 12.4 Å². The number of anilines is 1. The van der Waals surface area contributed by atoms with E-state index in [0.717, 1.165) is 17.8 Å². The topological polar surface area (TPSA) is 46.7 Å². The second-order valence-corrected chi connectivity index (χ2v) is 4.50. The van der Waals surface area contributed by atoms with Crippen molar-refractivity contribution in [2.24, 2.45) is 0 Å². The molecule has 2 aromatic rings.